The zero-order chi connectivity index (χ0) is 17.8. The number of carbonyl (C=O) groups is 1. The van der Waals surface area contributed by atoms with E-state index < -0.39 is 17.2 Å². The number of carbonyl (C=O) groups excluding carboxylic acids is 1. The second-order valence-electron chi connectivity index (χ2n) is 5.39. The number of pyridine rings is 2. The van der Waals surface area contributed by atoms with Gasteiger partial charge in [-0.25, -0.2) is 9.78 Å². The van der Waals surface area contributed by atoms with Crippen LogP contribution in [0.4, 0.5) is 5.82 Å². The molecule has 0 aliphatic carbocycles. The Kier molecular flexibility index (Phi) is 4.51. The lowest BCUT2D eigenvalue weighted by Gasteiger charge is -2.07. The van der Waals surface area contributed by atoms with Crippen molar-refractivity contribution in [3.8, 4) is 0 Å². The Morgan fingerprint density at radius 3 is 2.76 bits per heavy atom. The van der Waals surface area contributed by atoms with Crippen LogP contribution >= 0.6 is 0 Å². The third-order valence-corrected chi connectivity index (χ3v) is 3.51. The topological polar surface area (TPSA) is 110 Å². The molecule has 3 aromatic rings. The van der Waals surface area contributed by atoms with Crippen LogP contribution in [0.5, 0.6) is 0 Å². The van der Waals surface area contributed by atoms with E-state index in [1.807, 2.05) is 6.92 Å². The zero-order valence-electron chi connectivity index (χ0n) is 13.4. The highest BCUT2D eigenvalue weighted by Gasteiger charge is 2.16. The summed E-state index contributed by atoms with van der Waals surface area (Å²) in [5.74, 6) is -0.319. The second kappa shape index (κ2) is 6.91. The summed E-state index contributed by atoms with van der Waals surface area (Å²) in [6.07, 6.45) is 4.22. The Balaban J connectivity index is 1.92. The van der Waals surface area contributed by atoms with Crippen LogP contribution in [0, 0.1) is 6.92 Å². The molecule has 0 unspecified atom stereocenters. The summed E-state index contributed by atoms with van der Waals surface area (Å²) in [6, 6.07) is 8.64. The van der Waals surface area contributed by atoms with E-state index in [0.717, 1.165) is 16.3 Å². The molecular weight excluding hydrogens is 322 g/mol. The molecule has 0 fully saturated rings. The van der Waals surface area contributed by atoms with Gasteiger partial charge in [-0.1, -0.05) is 6.07 Å². The standard InChI is InChI=1S/C17H15N5O3/c1-11-5-7-19-14(8-11)21-15(23)13-9-20-17(25)22(16(13)24)10-12-4-2-3-6-18-12/h2-9H,10H2,1H3,(H,20,25)(H,19,21,23). The third-order valence-electron chi connectivity index (χ3n) is 3.51. The molecule has 3 heterocycles. The molecule has 0 aromatic carbocycles. The summed E-state index contributed by atoms with van der Waals surface area (Å²) in [6.45, 7) is 1.83. The van der Waals surface area contributed by atoms with E-state index in [1.165, 1.54) is 0 Å². The maximum absolute atomic E-state index is 12.5. The molecule has 8 nitrogen and oxygen atoms in total. The first kappa shape index (κ1) is 16.3. The summed E-state index contributed by atoms with van der Waals surface area (Å²) < 4.78 is 0.931. The van der Waals surface area contributed by atoms with Crippen molar-refractivity contribution < 1.29 is 4.79 Å². The number of nitrogens with zero attached hydrogens (tertiary/aromatic N) is 3. The molecule has 126 valence electrons. The number of H-pyrrole nitrogens is 1. The van der Waals surface area contributed by atoms with E-state index in [1.54, 1.807) is 42.7 Å². The number of aryl methyl sites for hydroxylation is 1. The van der Waals surface area contributed by atoms with Gasteiger partial charge < -0.3 is 10.3 Å². The van der Waals surface area contributed by atoms with Crippen LogP contribution in [0.3, 0.4) is 0 Å². The molecule has 3 aromatic heterocycles. The number of aromatic nitrogens is 4. The van der Waals surface area contributed by atoms with Gasteiger partial charge in [0, 0.05) is 18.6 Å². The number of amides is 1. The molecular formula is C17H15N5O3. The van der Waals surface area contributed by atoms with Gasteiger partial charge in [0.1, 0.15) is 11.4 Å². The molecule has 2 N–H and O–H groups in total. The fourth-order valence-electron chi connectivity index (χ4n) is 2.26. The monoisotopic (exact) mass is 337 g/mol. The van der Waals surface area contributed by atoms with Crippen molar-refractivity contribution in [1.82, 2.24) is 19.5 Å². The van der Waals surface area contributed by atoms with Crippen molar-refractivity contribution in [1.29, 1.82) is 0 Å². The van der Waals surface area contributed by atoms with E-state index in [-0.39, 0.29) is 12.1 Å². The van der Waals surface area contributed by atoms with Crippen molar-refractivity contribution >= 4 is 11.7 Å². The molecule has 0 saturated carbocycles. The lowest BCUT2D eigenvalue weighted by Crippen LogP contribution is -2.39. The average Bonchev–Trinajstić information content (AvgIpc) is 2.59. The quantitative estimate of drug-likeness (QED) is 0.736. The van der Waals surface area contributed by atoms with Gasteiger partial charge in [-0.3, -0.25) is 19.1 Å². The van der Waals surface area contributed by atoms with E-state index in [4.69, 9.17) is 0 Å². The van der Waals surface area contributed by atoms with Crippen LogP contribution in [0.1, 0.15) is 21.6 Å². The fourth-order valence-corrected chi connectivity index (χ4v) is 2.26. The Labute approximate surface area is 142 Å². The Morgan fingerprint density at radius 2 is 2.04 bits per heavy atom. The van der Waals surface area contributed by atoms with E-state index in [9.17, 15) is 14.4 Å². The number of rotatable bonds is 4. The van der Waals surface area contributed by atoms with Gasteiger partial charge in [-0.2, -0.15) is 0 Å². The van der Waals surface area contributed by atoms with Crippen LogP contribution in [0.25, 0.3) is 0 Å². The van der Waals surface area contributed by atoms with Crippen LogP contribution in [-0.2, 0) is 6.54 Å². The summed E-state index contributed by atoms with van der Waals surface area (Å²) in [7, 11) is 0. The van der Waals surface area contributed by atoms with Crippen molar-refractivity contribution in [3.63, 3.8) is 0 Å². The molecule has 0 bridgehead atoms. The normalized spacial score (nSPS) is 10.4. The lowest BCUT2D eigenvalue weighted by molar-refractivity contribution is 0.102. The largest absolute Gasteiger partial charge is 0.328 e. The Morgan fingerprint density at radius 1 is 1.20 bits per heavy atom. The minimum absolute atomic E-state index is 0.0289. The molecule has 3 rings (SSSR count). The predicted octanol–water partition coefficient (Wildman–Crippen LogP) is 0.936. The van der Waals surface area contributed by atoms with E-state index >= 15 is 0 Å². The minimum atomic E-state index is -0.695. The molecule has 0 aliphatic rings. The number of nitrogens with one attached hydrogen (secondary N) is 2. The number of hydrogen-bond donors (Lipinski definition) is 2. The molecule has 1 amide bonds. The Bertz CT molecular complexity index is 1020. The van der Waals surface area contributed by atoms with E-state index in [2.05, 4.69) is 20.3 Å². The zero-order valence-corrected chi connectivity index (χ0v) is 13.4. The number of anilines is 1. The van der Waals surface area contributed by atoms with Gasteiger partial charge in [0.25, 0.3) is 11.5 Å². The number of hydrogen-bond acceptors (Lipinski definition) is 5. The molecule has 0 saturated heterocycles. The first-order valence-corrected chi connectivity index (χ1v) is 7.51. The summed E-state index contributed by atoms with van der Waals surface area (Å²) in [4.78, 5) is 47.4. The highest BCUT2D eigenvalue weighted by atomic mass is 16.2. The predicted molar refractivity (Wildman–Crippen MR) is 91.6 cm³/mol. The first-order valence-electron chi connectivity index (χ1n) is 7.51. The first-order chi connectivity index (χ1) is 12.0. The minimum Gasteiger partial charge on any atom is -0.313 e. The van der Waals surface area contributed by atoms with Crippen molar-refractivity contribution in [2.24, 2.45) is 0 Å². The fraction of sp³-hybridized carbons (Fsp3) is 0.118. The van der Waals surface area contributed by atoms with Crippen molar-refractivity contribution in [3.05, 3.63) is 86.6 Å². The summed E-state index contributed by atoms with van der Waals surface area (Å²) >= 11 is 0. The average molecular weight is 337 g/mol. The van der Waals surface area contributed by atoms with Gasteiger partial charge in [-0.05, 0) is 36.8 Å². The molecule has 0 spiro atoms. The summed E-state index contributed by atoms with van der Waals surface area (Å²) in [5, 5.41) is 2.55. The van der Waals surface area contributed by atoms with Gasteiger partial charge in [0.2, 0.25) is 0 Å². The smallest absolute Gasteiger partial charge is 0.313 e. The van der Waals surface area contributed by atoms with Gasteiger partial charge in [0.15, 0.2) is 0 Å². The molecule has 8 heteroatoms. The number of aromatic amines is 1. The maximum atomic E-state index is 12.5. The van der Waals surface area contributed by atoms with Crippen molar-refractivity contribution in [2.75, 3.05) is 5.32 Å². The molecule has 0 aliphatic heterocycles. The molecule has 0 radical (unpaired) electrons. The van der Waals surface area contributed by atoms with Crippen LogP contribution < -0.4 is 16.6 Å². The molecule has 25 heavy (non-hydrogen) atoms. The van der Waals surface area contributed by atoms with Crippen LogP contribution in [0.2, 0.25) is 0 Å². The van der Waals surface area contributed by atoms with Gasteiger partial charge >= 0.3 is 5.69 Å². The third kappa shape index (κ3) is 3.69. The molecule has 0 atom stereocenters. The second-order valence-corrected chi connectivity index (χ2v) is 5.39. The lowest BCUT2D eigenvalue weighted by atomic mass is 10.2. The summed E-state index contributed by atoms with van der Waals surface area (Å²) in [5.41, 5.74) is -0.0355. The van der Waals surface area contributed by atoms with Gasteiger partial charge in [0.05, 0.1) is 12.2 Å². The van der Waals surface area contributed by atoms with Gasteiger partial charge in [-0.15, -0.1) is 0 Å². The maximum Gasteiger partial charge on any atom is 0.328 e. The Hall–Kier alpha value is -3.55. The van der Waals surface area contributed by atoms with Crippen LogP contribution in [-0.4, -0.2) is 25.4 Å². The van der Waals surface area contributed by atoms with E-state index in [0.29, 0.717) is 11.5 Å². The highest BCUT2D eigenvalue weighted by molar-refractivity contribution is 6.03. The SMILES string of the molecule is Cc1ccnc(NC(=O)c2c[nH]c(=O)n(Cc3ccccn3)c2=O)c1. The van der Waals surface area contributed by atoms with Crippen molar-refractivity contribution in [2.45, 2.75) is 13.5 Å². The highest BCUT2D eigenvalue weighted by Crippen LogP contribution is 2.06. The van der Waals surface area contributed by atoms with Crippen LogP contribution in [0.15, 0.2) is 58.5 Å².